The molecule has 0 saturated heterocycles. The summed E-state index contributed by atoms with van der Waals surface area (Å²) in [4.78, 5) is 0. The zero-order chi connectivity index (χ0) is 12.7. The van der Waals surface area contributed by atoms with Gasteiger partial charge in [0.05, 0.1) is 11.6 Å². The van der Waals surface area contributed by atoms with Crippen molar-refractivity contribution >= 4 is 27.5 Å². The van der Waals surface area contributed by atoms with Crippen LogP contribution in [0.15, 0.2) is 22.7 Å². The lowest BCUT2D eigenvalue weighted by molar-refractivity contribution is 0.111. The number of nitrogens with one attached hydrogen (secondary N) is 1. The van der Waals surface area contributed by atoms with Gasteiger partial charge in [0.25, 0.3) is 0 Å². The highest BCUT2D eigenvalue weighted by molar-refractivity contribution is 9.10. The molecule has 0 atom stereocenters. The molecule has 1 aromatic carbocycles. The Morgan fingerprint density at radius 3 is 2.82 bits per heavy atom. The smallest absolute Gasteiger partial charge is 0.0591 e. The summed E-state index contributed by atoms with van der Waals surface area (Å²) >= 11 is 9.34. The molecule has 1 rings (SSSR count). The zero-order valence-electron chi connectivity index (χ0n) is 10.3. The fourth-order valence-corrected chi connectivity index (χ4v) is 1.89. The molecule has 0 radical (unpaired) electrons. The third-order valence-corrected chi connectivity index (χ3v) is 3.40. The van der Waals surface area contributed by atoms with E-state index in [1.165, 1.54) is 5.56 Å². The minimum Gasteiger partial charge on any atom is -0.380 e. The summed E-state index contributed by atoms with van der Waals surface area (Å²) in [6.45, 7) is 7.59. The Morgan fingerprint density at radius 1 is 1.41 bits per heavy atom. The maximum atomic E-state index is 5.93. The van der Waals surface area contributed by atoms with Crippen molar-refractivity contribution in [3.8, 4) is 0 Å². The Kier molecular flexibility index (Phi) is 7.12. The van der Waals surface area contributed by atoms with Gasteiger partial charge >= 0.3 is 0 Å². The lowest BCUT2D eigenvalue weighted by atomic mass is 10.2. The summed E-state index contributed by atoms with van der Waals surface area (Å²) in [5.74, 6) is 0.599. The summed E-state index contributed by atoms with van der Waals surface area (Å²) in [7, 11) is 0. The van der Waals surface area contributed by atoms with Crippen LogP contribution in [-0.4, -0.2) is 19.8 Å². The van der Waals surface area contributed by atoms with Gasteiger partial charge in [-0.2, -0.15) is 0 Å². The molecule has 0 bridgehead atoms. The van der Waals surface area contributed by atoms with Gasteiger partial charge in [0.2, 0.25) is 0 Å². The quantitative estimate of drug-likeness (QED) is 0.770. The second-order valence-corrected chi connectivity index (χ2v) is 5.66. The fourth-order valence-electron chi connectivity index (χ4n) is 1.35. The van der Waals surface area contributed by atoms with Crippen molar-refractivity contribution < 1.29 is 4.74 Å². The Morgan fingerprint density at radius 2 is 2.18 bits per heavy atom. The van der Waals surface area contributed by atoms with E-state index < -0.39 is 0 Å². The van der Waals surface area contributed by atoms with Crippen LogP contribution in [0.4, 0.5) is 0 Å². The molecule has 0 aliphatic rings. The minimum absolute atomic E-state index is 0.599. The minimum atomic E-state index is 0.599. The highest BCUT2D eigenvalue weighted by Crippen LogP contribution is 2.22. The molecule has 0 spiro atoms. The number of benzene rings is 1. The SMILES string of the molecule is CC(C)COCCNCc1ccc(Cl)c(Br)c1. The second kappa shape index (κ2) is 8.09. The maximum absolute atomic E-state index is 5.93. The average Bonchev–Trinajstić information content (AvgIpc) is 2.27. The first-order valence-electron chi connectivity index (χ1n) is 5.82. The van der Waals surface area contributed by atoms with Gasteiger partial charge in [-0.1, -0.05) is 31.5 Å². The summed E-state index contributed by atoms with van der Waals surface area (Å²) in [6.07, 6.45) is 0. The summed E-state index contributed by atoms with van der Waals surface area (Å²) < 4.78 is 6.42. The Balaban J connectivity index is 2.16. The highest BCUT2D eigenvalue weighted by atomic mass is 79.9. The van der Waals surface area contributed by atoms with Crippen molar-refractivity contribution in [2.75, 3.05) is 19.8 Å². The van der Waals surface area contributed by atoms with E-state index in [0.29, 0.717) is 5.92 Å². The molecule has 2 nitrogen and oxygen atoms in total. The molecule has 1 aromatic rings. The molecule has 96 valence electrons. The molecule has 0 amide bonds. The van der Waals surface area contributed by atoms with Crippen LogP contribution >= 0.6 is 27.5 Å². The summed E-state index contributed by atoms with van der Waals surface area (Å²) in [5.41, 5.74) is 1.21. The number of hydrogen-bond acceptors (Lipinski definition) is 2. The van der Waals surface area contributed by atoms with Crippen LogP contribution in [0, 0.1) is 5.92 Å². The molecule has 0 saturated carbocycles. The van der Waals surface area contributed by atoms with Crippen molar-refractivity contribution in [1.29, 1.82) is 0 Å². The van der Waals surface area contributed by atoms with E-state index in [4.69, 9.17) is 16.3 Å². The Labute approximate surface area is 117 Å². The monoisotopic (exact) mass is 319 g/mol. The molecule has 0 heterocycles. The lowest BCUT2D eigenvalue weighted by Gasteiger charge is -2.08. The van der Waals surface area contributed by atoms with Crippen LogP contribution in [0.5, 0.6) is 0 Å². The van der Waals surface area contributed by atoms with Crippen molar-refractivity contribution in [2.24, 2.45) is 5.92 Å². The van der Waals surface area contributed by atoms with Crippen LogP contribution in [0.1, 0.15) is 19.4 Å². The molecule has 17 heavy (non-hydrogen) atoms. The summed E-state index contributed by atoms with van der Waals surface area (Å²) in [6, 6.07) is 5.96. The van der Waals surface area contributed by atoms with E-state index in [-0.39, 0.29) is 0 Å². The number of halogens is 2. The van der Waals surface area contributed by atoms with E-state index in [1.54, 1.807) is 0 Å². The van der Waals surface area contributed by atoms with Crippen LogP contribution in [0.25, 0.3) is 0 Å². The van der Waals surface area contributed by atoms with Gasteiger partial charge in [-0.25, -0.2) is 0 Å². The van der Waals surface area contributed by atoms with Gasteiger partial charge in [-0.3, -0.25) is 0 Å². The number of hydrogen-bond donors (Lipinski definition) is 1. The Hall–Kier alpha value is -0.0900. The van der Waals surface area contributed by atoms with Crippen LogP contribution in [0.2, 0.25) is 5.02 Å². The molecule has 0 fully saturated rings. The van der Waals surface area contributed by atoms with Gasteiger partial charge in [-0.05, 0) is 39.5 Å². The maximum Gasteiger partial charge on any atom is 0.0591 e. The van der Waals surface area contributed by atoms with E-state index in [9.17, 15) is 0 Å². The van der Waals surface area contributed by atoms with Gasteiger partial charge in [-0.15, -0.1) is 0 Å². The largest absolute Gasteiger partial charge is 0.380 e. The van der Waals surface area contributed by atoms with Gasteiger partial charge < -0.3 is 10.1 Å². The van der Waals surface area contributed by atoms with Gasteiger partial charge in [0.1, 0.15) is 0 Å². The topological polar surface area (TPSA) is 21.3 Å². The zero-order valence-corrected chi connectivity index (χ0v) is 12.6. The normalized spacial score (nSPS) is 11.1. The van der Waals surface area contributed by atoms with Crippen LogP contribution in [-0.2, 0) is 11.3 Å². The van der Waals surface area contributed by atoms with E-state index >= 15 is 0 Å². The van der Waals surface area contributed by atoms with Crippen LogP contribution < -0.4 is 5.32 Å². The van der Waals surface area contributed by atoms with Crippen LogP contribution in [0.3, 0.4) is 0 Å². The lowest BCUT2D eigenvalue weighted by Crippen LogP contribution is -2.20. The van der Waals surface area contributed by atoms with Crippen molar-refractivity contribution in [3.63, 3.8) is 0 Å². The first-order valence-corrected chi connectivity index (χ1v) is 6.99. The van der Waals surface area contributed by atoms with Gasteiger partial charge in [0.15, 0.2) is 0 Å². The van der Waals surface area contributed by atoms with Gasteiger partial charge in [0, 0.05) is 24.2 Å². The molecule has 0 aliphatic heterocycles. The third kappa shape index (κ3) is 6.41. The molecule has 0 aliphatic carbocycles. The highest BCUT2D eigenvalue weighted by Gasteiger charge is 1.99. The van der Waals surface area contributed by atoms with E-state index in [0.717, 1.165) is 35.8 Å². The van der Waals surface area contributed by atoms with Crippen molar-refractivity contribution in [2.45, 2.75) is 20.4 Å². The van der Waals surface area contributed by atoms with Crippen molar-refractivity contribution in [3.05, 3.63) is 33.3 Å². The first-order chi connectivity index (χ1) is 8.09. The third-order valence-electron chi connectivity index (χ3n) is 2.19. The van der Waals surface area contributed by atoms with Crippen molar-refractivity contribution in [1.82, 2.24) is 5.32 Å². The molecular weight excluding hydrogens is 302 g/mol. The predicted molar refractivity (Wildman–Crippen MR) is 76.5 cm³/mol. The molecular formula is C13H19BrClNO. The summed E-state index contributed by atoms with van der Waals surface area (Å²) in [5, 5.41) is 4.08. The predicted octanol–water partition coefficient (Wildman–Crippen LogP) is 3.86. The standard InChI is InChI=1S/C13H19BrClNO/c1-10(2)9-17-6-5-16-8-11-3-4-13(15)12(14)7-11/h3-4,7,10,16H,5-6,8-9H2,1-2H3. The van der Waals surface area contributed by atoms with E-state index in [2.05, 4.69) is 35.1 Å². The van der Waals surface area contributed by atoms with E-state index in [1.807, 2.05) is 18.2 Å². The Bertz CT molecular complexity index is 344. The first kappa shape index (κ1) is 15.0. The number of rotatable bonds is 7. The molecule has 0 aromatic heterocycles. The molecule has 1 N–H and O–H groups in total. The number of ether oxygens (including phenoxy) is 1. The molecule has 0 unspecified atom stereocenters. The average molecular weight is 321 g/mol. The molecule has 4 heteroatoms. The fraction of sp³-hybridized carbons (Fsp3) is 0.538. The second-order valence-electron chi connectivity index (χ2n) is 4.39.